The summed E-state index contributed by atoms with van der Waals surface area (Å²) >= 11 is 11.5. The van der Waals surface area contributed by atoms with Gasteiger partial charge >= 0.3 is 0 Å². The first kappa shape index (κ1) is 22.0. The highest BCUT2D eigenvalue weighted by molar-refractivity contribution is 7.80. The summed E-state index contributed by atoms with van der Waals surface area (Å²) in [6.07, 6.45) is 1.63. The second kappa shape index (κ2) is 8.37. The van der Waals surface area contributed by atoms with Gasteiger partial charge in [-0.05, 0) is 93.0 Å². The van der Waals surface area contributed by atoms with Gasteiger partial charge in [0.2, 0.25) is 0 Å². The lowest BCUT2D eigenvalue weighted by Gasteiger charge is -2.30. The highest BCUT2D eigenvalue weighted by Crippen LogP contribution is 2.29. The first-order valence-electron chi connectivity index (χ1n) is 10.1. The van der Waals surface area contributed by atoms with E-state index in [1.165, 1.54) is 4.90 Å². The molecule has 0 atom stereocenters. The SMILES string of the molecule is Cc1cccc(N2C(=O)/C(=C/c3cc(C)n(-c4cccc(Cl)c4)c3C)C(=O)NC2=S)c1C. The molecule has 0 saturated carbocycles. The molecule has 1 aliphatic heterocycles. The second-order valence-electron chi connectivity index (χ2n) is 7.82. The van der Waals surface area contributed by atoms with Crippen molar-refractivity contribution in [3.8, 4) is 5.69 Å². The van der Waals surface area contributed by atoms with Crippen LogP contribution in [0.1, 0.15) is 28.1 Å². The Morgan fingerprint density at radius 3 is 2.44 bits per heavy atom. The third-order valence-electron chi connectivity index (χ3n) is 5.76. The van der Waals surface area contributed by atoms with Crippen molar-refractivity contribution in [2.45, 2.75) is 27.7 Å². The minimum atomic E-state index is -0.505. The number of thiocarbonyl (C=S) groups is 1. The van der Waals surface area contributed by atoms with E-state index in [1.54, 1.807) is 6.08 Å². The zero-order valence-corrected chi connectivity index (χ0v) is 19.8. The Hall–Kier alpha value is -3.22. The van der Waals surface area contributed by atoms with E-state index in [0.29, 0.717) is 10.7 Å². The maximum absolute atomic E-state index is 13.4. The molecule has 7 heteroatoms. The van der Waals surface area contributed by atoms with Crippen molar-refractivity contribution in [1.29, 1.82) is 0 Å². The number of benzene rings is 2. The van der Waals surface area contributed by atoms with Gasteiger partial charge in [-0.3, -0.25) is 19.8 Å². The largest absolute Gasteiger partial charge is 0.318 e. The highest BCUT2D eigenvalue weighted by Gasteiger charge is 2.35. The summed E-state index contributed by atoms with van der Waals surface area (Å²) in [5.41, 5.74) is 6.19. The van der Waals surface area contributed by atoms with Crippen LogP contribution in [0.2, 0.25) is 5.02 Å². The molecule has 1 aromatic heterocycles. The quantitative estimate of drug-likeness (QED) is 0.330. The molecule has 2 aromatic carbocycles. The van der Waals surface area contributed by atoms with Crippen molar-refractivity contribution in [3.63, 3.8) is 0 Å². The van der Waals surface area contributed by atoms with Crippen molar-refractivity contribution in [2.24, 2.45) is 0 Å². The van der Waals surface area contributed by atoms with Crippen LogP contribution in [0.5, 0.6) is 0 Å². The number of rotatable bonds is 3. The van der Waals surface area contributed by atoms with Crippen LogP contribution >= 0.6 is 23.8 Å². The molecule has 4 rings (SSSR count). The average molecular weight is 464 g/mol. The molecule has 3 aromatic rings. The molecule has 0 bridgehead atoms. The van der Waals surface area contributed by atoms with Crippen molar-refractivity contribution in [1.82, 2.24) is 9.88 Å². The van der Waals surface area contributed by atoms with E-state index in [9.17, 15) is 9.59 Å². The second-order valence-corrected chi connectivity index (χ2v) is 8.64. The molecule has 32 heavy (non-hydrogen) atoms. The van der Waals surface area contributed by atoms with Gasteiger partial charge in [0, 0.05) is 22.1 Å². The number of anilines is 1. The van der Waals surface area contributed by atoms with Crippen LogP contribution in [0.3, 0.4) is 0 Å². The van der Waals surface area contributed by atoms with E-state index < -0.39 is 11.8 Å². The van der Waals surface area contributed by atoms with Gasteiger partial charge in [-0.1, -0.05) is 29.8 Å². The third-order valence-corrected chi connectivity index (χ3v) is 6.27. The summed E-state index contributed by atoms with van der Waals surface area (Å²) in [6.45, 7) is 7.81. The Labute approximate surface area is 197 Å². The van der Waals surface area contributed by atoms with Crippen LogP contribution < -0.4 is 10.2 Å². The zero-order chi connectivity index (χ0) is 23.2. The van der Waals surface area contributed by atoms with Crippen LogP contribution in [-0.2, 0) is 9.59 Å². The predicted molar refractivity (Wildman–Crippen MR) is 132 cm³/mol. The topological polar surface area (TPSA) is 54.3 Å². The van der Waals surface area contributed by atoms with Crippen LogP contribution in [0.25, 0.3) is 11.8 Å². The minimum absolute atomic E-state index is 0.0332. The Kier molecular flexibility index (Phi) is 5.75. The summed E-state index contributed by atoms with van der Waals surface area (Å²) in [5, 5.41) is 3.37. The smallest absolute Gasteiger partial charge is 0.270 e. The molecule has 1 N–H and O–H groups in total. The van der Waals surface area contributed by atoms with Gasteiger partial charge < -0.3 is 4.57 Å². The maximum atomic E-state index is 13.4. The lowest BCUT2D eigenvalue weighted by atomic mass is 10.0. The molecule has 0 unspecified atom stereocenters. The monoisotopic (exact) mass is 463 g/mol. The van der Waals surface area contributed by atoms with Crippen LogP contribution in [0.15, 0.2) is 54.1 Å². The molecule has 162 valence electrons. The molecular weight excluding hydrogens is 442 g/mol. The van der Waals surface area contributed by atoms with E-state index in [0.717, 1.165) is 33.8 Å². The number of halogens is 1. The number of amides is 2. The molecule has 0 radical (unpaired) electrons. The van der Waals surface area contributed by atoms with Crippen molar-refractivity contribution >= 4 is 52.5 Å². The Bertz CT molecular complexity index is 1320. The van der Waals surface area contributed by atoms with Crippen LogP contribution in [0.4, 0.5) is 5.69 Å². The first-order valence-corrected chi connectivity index (χ1v) is 10.9. The molecular formula is C25H22ClN3O2S. The lowest BCUT2D eigenvalue weighted by Crippen LogP contribution is -2.54. The number of nitrogens with one attached hydrogen (secondary N) is 1. The Morgan fingerprint density at radius 2 is 1.72 bits per heavy atom. The van der Waals surface area contributed by atoms with Gasteiger partial charge in [-0.2, -0.15) is 0 Å². The maximum Gasteiger partial charge on any atom is 0.270 e. The van der Waals surface area contributed by atoms with E-state index in [-0.39, 0.29) is 10.7 Å². The molecule has 1 aliphatic rings. The molecule has 5 nitrogen and oxygen atoms in total. The normalized spacial score (nSPS) is 15.5. The van der Waals surface area contributed by atoms with E-state index in [1.807, 2.05) is 80.8 Å². The molecule has 1 fully saturated rings. The number of carbonyl (C=O) groups is 2. The van der Waals surface area contributed by atoms with E-state index in [4.69, 9.17) is 23.8 Å². The minimum Gasteiger partial charge on any atom is -0.318 e. The number of nitrogens with zero attached hydrogens (tertiary/aromatic N) is 2. The average Bonchev–Trinajstić information content (AvgIpc) is 3.01. The number of aryl methyl sites for hydroxylation is 2. The lowest BCUT2D eigenvalue weighted by molar-refractivity contribution is -0.122. The van der Waals surface area contributed by atoms with Gasteiger partial charge in [-0.25, -0.2) is 0 Å². The number of hydrogen-bond acceptors (Lipinski definition) is 3. The highest BCUT2D eigenvalue weighted by atomic mass is 35.5. The fourth-order valence-electron chi connectivity index (χ4n) is 3.96. The fraction of sp³-hybridized carbons (Fsp3) is 0.160. The van der Waals surface area contributed by atoms with Gasteiger partial charge in [0.1, 0.15) is 5.57 Å². The summed E-state index contributed by atoms with van der Waals surface area (Å²) in [6, 6.07) is 15.1. The van der Waals surface area contributed by atoms with Gasteiger partial charge in [-0.15, -0.1) is 0 Å². The standard InChI is InChI=1S/C25H22ClN3O2S/c1-14-7-5-10-22(16(14)3)29-24(31)21(23(30)27-25(29)32)12-18-11-15(2)28(17(18)4)20-9-6-8-19(26)13-20/h5-13H,1-4H3,(H,27,30,32)/b21-12+. The number of aromatic nitrogens is 1. The summed E-state index contributed by atoms with van der Waals surface area (Å²) in [5.74, 6) is -0.950. The third kappa shape index (κ3) is 3.76. The fourth-order valence-corrected chi connectivity index (χ4v) is 4.41. The van der Waals surface area contributed by atoms with Gasteiger partial charge in [0.25, 0.3) is 11.8 Å². The number of hydrogen-bond donors (Lipinski definition) is 1. The summed E-state index contributed by atoms with van der Waals surface area (Å²) in [7, 11) is 0. The summed E-state index contributed by atoms with van der Waals surface area (Å²) in [4.78, 5) is 27.5. The Morgan fingerprint density at radius 1 is 1.00 bits per heavy atom. The molecule has 2 amide bonds. The van der Waals surface area contributed by atoms with Crippen molar-refractivity contribution in [2.75, 3.05) is 4.90 Å². The molecule has 1 saturated heterocycles. The molecule has 2 heterocycles. The van der Waals surface area contributed by atoms with Crippen molar-refractivity contribution < 1.29 is 9.59 Å². The molecule has 0 aliphatic carbocycles. The van der Waals surface area contributed by atoms with Crippen LogP contribution in [0, 0.1) is 27.7 Å². The van der Waals surface area contributed by atoms with E-state index >= 15 is 0 Å². The van der Waals surface area contributed by atoms with Gasteiger partial charge in [0.05, 0.1) is 5.69 Å². The van der Waals surface area contributed by atoms with E-state index in [2.05, 4.69) is 5.32 Å². The molecule has 0 spiro atoms. The number of carbonyl (C=O) groups excluding carboxylic acids is 2. The van der Waals surface area contributed by atoms with Crippen LogP contribution in [-0.4, -0.2) is 21.5 Å². The van der Waals surface area contributed by atoms with Gasteiger partial charge in [0.15, 0.2) is 5.11 Å². The Balaban J connectivity index is 1.79. The van der Waals surface area contributed by atoms with Crippen molar-refractivity contribution in [3.05, 3.63) is 87.2 Å². The summed E-state index contributed by atoms with van der Waals surface area (Å²) < 4.78 is 2.04. The zero-order valence-electron chi connectivity index (χ0n) is 18.2. The first-order chi connectivity index (χ1) is 15.2. The predicted octanol–water partition coefficient (Wildman–Crippen LogP) is 5.20.